The Hall–Kier alpha value is -2.07. The zero-order valence-electron chi connectivity index (χ0n) is 11.1. The summed E-state index contributed by atoms with van der Waals surface area (Å²) in [6.07, 6.45) is 5.41. The zero-order chi connectivity index (χ0) is 14.1. The number of benzene rings is 1. The molecule has 0 saturated carbocycles. The van der Waals surface area contributed by atoms with Crippen molar-refractivity contribution < 1.29 is 0 Å². The molecular formula is C15H14ClN3O. The van der Waals surface area contributed by atoms with Gasteiger partial charge in [0.2, 0.25) is 5.78 Å². The Balaban J connectivity index is 2.22. The van der Waals surface area contributed by atoms with Gasteiger partial charge in [0.1, 0.15) is 0 Å². The maximum atomic E-state index is 11.9. The lowest BCUT2D eigenvalue weighted by molar-refractivity contribution is 0.891. The fraction of sp³-hybridized carbons (Fsp3) is 0.200. The fourth-order valence-corrected chi connectivity index (χ4v) is 2.34. The Morgan fingerprint density at radius 2 is 1.95 bits per heavy atom. The van der Waals surface area contributed by atoms with E-state index in [2.05, 4.69) is 11.9 Å². The number of hydrogen-bond acceptors (Lipinski definition) is 2. The summed E-state index contributed by atoms with van der Waals surface area (Å²) in [6.45, 7) is 2.09. The normalized spacial score (nSPS) is 11.1. The van der Waals surface area contributed by atoms with E-state index in [1.54, 1.807) is 16.7 Å². The molecule has 0 aliphatic rings. The van der Waals surface area contributed by atoms with Gasteiger partial charge in [0.15, 0.2) is 0 Å². The number of halogens is 1. The van der Waals surface area contributed by atoms with Crippen LogP contribution >= 0.6 is 11.6 Å². The minimum Gasteiger partial charge on any atom is -0.287 e. The third kappa shape index (κ3) is 2.23. The van der Waals surface area contributed by atoms with Crippen LogP contribution in [0.25, 0.3) is 11.5 Å². The lowest BCUT2D eigenvalue weighted by atomic mass is 10.3. The average Bonchev–Trinajstić information content (AvgIpc) is 2.86. The number of rotatable bonds is 3. The van der Waals surface area contributed by atoms with Crippen molar-refractivity contribution in [2.75, 3.05) is 0 Å². The van der Waals surface area contributed by atoms with Gasteiger partial charge in [-0.3, -0.25) is 13.8 Å². The Labute approximate surface area is 121 Å². The van der Waals surface area contributed by atoms with Gasteiger partial charge >= 0.3 is 0 Å². The van der Waals surface area contributed by atoms with E-state index in [-0.39, 0.29) is 5.56 Å². The second-order valence-electron chi connectivity index (χ2n) is 4.65. The molecule has 0 aliphatic carbocycles. The molecule has 0 saturated heterocycles. The lowest BCUT2D eigenvalue weighted by Gasteiger charge is -2.07. The first-order chi connectivity index (χ1) is 9.69. The molecular weight excluding hydrogens is 274 g/mol. The highest BCUT2D eigenvalue weighted by atomic mass is 35.5. The Morgan fingerprint density at radius 3 is 2.65 bits per heavy atom. The van der Waals surface area contributed by atoms with Crippen LogP contribution in [0.3, 0.4) is 0 Å². The maximum Gasteiger partial charge on any atom is 0.258 e. The molecule has 0 bridgehead atoms. The molecule has 0 fully saturated rings. The molecule has 0 radical (unpaired) electrons. The maximum absolute atomic E-state index is 11.9. The summed E-state index contributed by atoms with van der Waals surface area (Å²) in [6, 6.07) is 8.99. The standard InChI is InChI=1S/C15H14ClN3O/c1-2-3-12-10-19-14(20)8-9-18(15(19)17-12)13-6-4-11(16)5-7-13/h4-10H,2-3H2,1H3. The van der Waals surface area contributed by atoms with Crippen molar-refractivity contribution in [3.8, 4) is 5.69 Å². The van der Waals surface area contributed by atoms with Gasteiger partial charge in [0, 0.05) is 29.2 Å². The summed E-state index contributed by atoms with van der Waals surface area (Å²) in [5.74, 6) is 0.628. The van der Waals surface area contributed by atoms with Gasteiger partial charge in [0.05, 0.1) is 5.69 Å². The van der Waals surface area contributed by atoms with Gasteiger partial charge in [-0.2, -0.15) is 0 Å². The third-order valence-electron chi connectivity index (χ3n) is 3.17. The van der Waals surface area contributed by atoms with E-state index in [9.17, 15) is 4.79 Å². The second-order valence-corrected chi connectivity index (χ2v) is 5.09. The molecule has 2 heterocycles. The Kier molecular flexibility index (Phi) is 3.32. The molecule has 0 aliphatic heterocycles. The van der Waals surface area contributed by atoms with Gasteiger partial charge < -0.3 is 0 Å². The van der Waals surface area contributed by atoms with Gasteiger partial charge in [-0.25, -0.2) is 4.98 Å². The predicted octanol–water partition coefficient (Wildman–Crippen LogP) is 3.09. The molecule has 0 atom stereocenters. The molecule has 5 heteroatoms. The van der Waals surface area contributed by atoms with Gasteiger partial charge in [0.25, 0.3) is 5.56 Å². The van der Waals surface area contributed by atoms with Crippen LogP contribution in [0, 0.1) is 0 Å². The Bertz CT molecular complexity index is 802. The van der Waals surface area contributed by atoms with Crippen LogP contribution in [0.1, 0.15) is 19.0 Å². The lowest BCUT2D eigenvalue weighted by Crippen LogP contribution is -2.14. The zero-order valence-corrected chi connectivity index (χ0v) is 11.8. The van der Waals surface area contributed by atoms with Gasteiger partial charge in [-0.15, -0.1) is 0 Å². The predicted molar refractivity (Wildman–Crippen MR) is 79.8 cm³/mol. The highest BCUT2D eigenvalue weighted by Gasteiger charge is 2.08. The van der Waals surface area contributed by atoms with E-state index < -0.39 is 0 Å². The molecule has 0 N–H and O–H groups in total. The molecule has 2 aromatic heterocycles. The molecule has 4 nitrogen and oxygen atoms in total. The van der Waals surface area contributed by atoms with Crippen molar-refractivity contribution in [2.45, 2.75) is 19.8 Å². The quantitative estimate of drug-likeness (QED) is 0.742. The molecule has 3 aromatic rings. The van der Waals surface area contributed by atoms with E-state index in [1.165, 1.54) is 0 Å². The largest absolute Gasteiger partial charge is 0.287 e. The SMILES string of the molecule is CCCc1cn2c(=O)ccn(-c3ccc(Cl)cc3)c2n1. The first-order valence-electron chi connectivity index (χ1n) is 6.54. The highest BCUT2D eigenvalue weighted by Crippen LogP contribution is 2.15. The number of fused-ring (bicyclic) bond motifs is 1. The number of imidazole rings is 1. The first-order valence-corrected chi connectivity index (χ1v) is 6.92. The van der Waals surface area contributed by atoms with Crippen LogP contribution in [0.15, 0.2) is 47.5 Å². The molecule has 3 rings (SSSR count). The molecule has 0 amide bonds. The number of aryl methyl sites for hydroxylation is 1. The number of hydrogen-bond donors (Lipinski definition) is 0. The molecule has 102 valence electrons. The summed E-state index contributed by atoms with van der Waals surface area (Å²) >= 11 is 5.91. The van der Waals surface area contributed by atoms with Gasteiger partial charge in [-0.1, -0.05) is 24.9 Å². The van der Waals surface area contributed by atoms with Crippen molar-refractivity contribution in [3.63, 3.8) is 0 Å². The van der Waals surface area contributed by atoms with Crippen LogP contribution < -0.4 is 5.56 Å². The van der Waals surface area contributed by atoms with E-state index in [0.717, 1.165) is 24.2 Å². The Morgan fingerprint density at radius 1 is 1.20 bits per heavy atom. The van der Waals surface area contributed by atoms with E-state index >= 15 is 0 Å². The van der Waals surface area contributed by atoms with Crippen molar-refractivity contribution in [1.82, 2.24) is 14.0 Å². The van der Waals surface area contributed by atoms with E-state index in [1.807, 2.05) is 35.0 Å². The summed E-state index contributed by atoms with van der Waals surface area (Å²) < 4.78 is 3.47. The van der Waals surface area contributed by atoms with E-state index in [4.69, 9.17) is 11.6 Å². The highest BCUT2D eigenvalue weighted by molar-refractivity contribution is 6.30. The van der Waals surface area contributed by atoms with Crippen LogP contribution in [-0.2, 0) is 6.42 Å². The smallest absolute Gasteiger partial charge is 0.258 e. The first kappa shape index (κ1) is 12.9. The van der Waals surface area contributed by atoms with Crippen LogP contribution in [-0.4, -0.2) is 14.0 Å². The van der Waals surface area contributed by atoms with E-state index in [0.29, 0.717) is 10.8 Å². The second kappa shape index (κ2) is 5.13. The average molecular weight is 288 g/mol. The summed E-state index contributed by atoms with van der Waals surface area (Å²) in [5.41, 5.74) is 1.78. The topological polar surface area (TPSA) is 39.3 Å². The summed E-state index contributed by atoms with van der Waals surface area (Å²) in [5, 5.41) is 0.681. The number of nitrogens with zero attached hydrogens (tertiary/aromatic N) is 3. The summed E-state index contributed by atoms with van der Waals surface area (Å²) in [4.78, 5) is 16.5. The molecule has 20 heavy (non-hydrogen) atoms. The molecule has 0 spiro atoms. The van der Waals surface area contributed by atoms with Crippen molar-refractivity contribution in [2.24, 2.45) is 0 Å². The monoisotopic (exact) mass is 287 g/mol. The van der Waals surface area contributed by atoms with Gasteiger partial charge in [-0.05, 0) is 30.7 Å². The minimum atomic E-state index is -0.0694. The third-order valence-corrected chi connectivity index (χ3v) is 3.42. The van der Waals surface area contributed by atoms with Crippen molar-refractivity contribution in [1.29, 1.82) is 0 Å². The number of aromatic nitrogens is 3. The fourth-order valence-electron chi connectivity index (χ4n) is 2.22. The van der Waals surface area contributed by atoms with Crippen LogP contribution in [0.2, 0.25) is 5.02 Å². The van der Waals surface area contributed by atoms with Crippen LogP contribution in [0.5, 0.6) is 0 Å². The minimum absolute atomic E-state index is 0.0694. The summed E-state index contributed by atoms with van der Waals surface area (Å²) in [7, 11) is 0. The molecule has 1 aromatic carbocycles. The van der Waals surface area contributed by atoms with Crippen molar-refractivity contribution >= 4 is 17.4 Å². The van der Waals surface area contributed by atoms with Crippen molar-refractivity contribution in [3.05, 3.63) is 63.8 Å². The molecule has 0 unspecified atom stereocenters. The van der Waals surface area contributed by atoms with Crippen LogP contribution in [0.4, 0.5) is 0 Å².